The Kier molecular flexibility index (Phi) is 3.91. The van der Waals surface area contributed by atoms with E-state index in [-0.39, 0.29) is 6.79 Å². The molecule has 0 amide bonds. The van der Waals surface area contributed by atoms with E-state index in [1.165, 1.54) is 11.3 Å². The minimum atomic E-state index is 0.151. The molecular weight excluding hydrogens is 398 g/mol. The summed E-state index contributed by atoms with van der Waals surface area (Å²) in [6.45, 7) is 0.151. The van der Waals surface area contributed by atoms with Gasteiger partial charge in [-0.2, -0.15) is 4.52 Å². The number of benzene rings is 1. The second-order valence-corrected chi connectivity index (χ2v) is 6.63. The van der Waals surface area contributed by atoms with Crippen LogP contribution >= 0.6 is 27.3 Å². The van der Waals surface area contributed by atoms with Crippen LogP contribution in [0.3, 0.4) is 0 Å². The lowest BCUT2D eigenvalue weighted by Gasteiger charge is -2.07. The van der Waals surface area contributed by atoms with Crippen molar-refractivity contribution in [3.8, 4) is 22.4 Å². The van der Waals surface area contributed by atoms with E-state index >= 15 is 0 Å². The number of rotatable bonds is 5. The third-order valence-corrected chi connectivity index (χ3v) is 4.93. The molecule has 9 heteroatoms. The van der Waals surface area contributed by atoms with E-state index in [1.54, 1.807) is 24.9 Å². The van der Waals surface area contributed by atoms with Crippen molar-refractivity contribution in [1.29, 1.82) is 0 Å². The van der Waals surface area contributed by atoms with Crippen molar-refractivity contribution in [2.24, 2.45) is 0 Å². The van der Waals surface area contributed by atoms with Gasteiger partial charge in [-0.25, -0.2) is 4.98 Å². The van der Waals surface area contributed by atoms with Crippen LogP contribution in [0.15, 0.2) is 33.3 Å². The molecule has 0 spiro atoms. The average molecular weight is 410 g/mol. The number of methoxy groups -OCH3 is 2. The molecule has 4 rings (SSSR count). The van der Waals surface area contributed by atoms with Gasteiger partial charge in [0.15, 0.2) is 12.6 Å². The zero-order chi connectivity index (χ0) is 16.7. The lowest BCUT2D eigenvalue weighted by atomic mass is 10.2. The van der Waals surface area contributed by atoms with Crippen molar-refractivity contribution in [3.05, 3.63) is 28.9 Å². The molecule has 0 aliphatic rings. The van der Waals surface area contributed by atoms with Crippen LogP contribution < -0.4 is 9.47 Å². The molecule has 0 bridgehead atoms. The Morgan fingerprint density at radius 3 is 3.00 bits per heavy atom. The first-order valence-corrected chi connectivity index (χ1v) is 8.55. The van der Waals surface area contributed by atoms with Gasteiger partial charge in [-0.05, 0) is 45.5 Å². The first-order chi connectivity index (χ1) is 11.7. The van der Waals surface area contributed by atoms with Crippen molar-refractivity contribution >= 4 is 43.2 Å². The maximum atomic E-state index is 5.96. The fourth-order valence-corrected chi connectivity index (χ4v) is 3.53. The predicted molar refractivity (Wildman–Crippen MR) is 92.8 cm³/mol. The summed E-state index contributed by atoms with van der Waals surface area (Å²) in [5, 5.41) is 5.74. The summed E-state index contributed by atoms with van der Waals surface area (Å²) in [7, 11) is 3.16. The van der Waals surface area contributed by atoms with E-state index < -0.39 is 0 Å². The van der Waals surface area contributed by atoms with Crippen LogP contribution in [0, 0.1) is 0 Å². The number of hydrogen-bond donors (Lipinski definition) is 0. The number of fused-ring (bicyclic) bond motifs is 2. The Labute approximate surface area is 148 Å². The highest BCUT2D eigenvalue weighted by atomic mass is 79.9. The van der Waals surface area contributed by atoms with E-state index in [0.717, 1.165) is 20.5 Å². The minimum absolute atomic E-state index is 0.151. The summed E-state index contributed by atoms with van der Waals surface area (Å²) in [6, 6.07) is 5.65. The van der Waals surface area contributed by atoms with Crippen molar-refractivity contribution < 1.29 is 18.6 Å². The molecule has 0 atom stereocenters. The highest BCUT2D eigenvalue weighted by molar-refractivity contribution is 9.10. The molecule has 0 N–H and O–H groups in total. The molecular formula is C15H12BrN3O4S. The van der Waals surface area contributed by atoms with Crippen LogP contribution in [-0.4, -0.2) is 35.6 Å². The Morgan fingerprint density at radius 2 is 2.21 bits per heavy atom. The summed E-state index contributed by atoms with van der Waals surface area (Å²) in [6.07, 6.45) is 1.72. The van der Waals surface area contributed by atoms with Crippen molar-refractivity contribution in [3.63, 3.8) is 0 Å². The Hall–Kier alpha value is -2.10. The summed E-state index contributed by atoms with van der Waals surface area (Å²) < 4.78 is 24.3. The van der Waals surface area contributed by atoms with E-state index in [0.29, 0.717) is 22.3 Å². The maximum absolute atomic E-state index is 5.96. The monoisotopic (exact) mass is 409 g/mol. The first kappa shape index (κ1) is 15.4. The maximum Gasteiger partial charge on any atom is 0.294 e. The van der Waals surface area contributed by atoms with Gasteiger partial charge in [0.05, 0.1) is 23.2 Å². The van der Waals surface area contributed by atoms with Crippen LogP contribution in [0.1, 0.15) is 0 Å². The fraction of sp³-hybridized carbons (Fsp3) is 0.200. The number of furan rings is 1. The van der Waals surface area contributed by atoms with Crippen molar-refractivity contribution in [2.45, 2.75) is 0 Å². The second-order valence-electron chi connectivity index (χ2n) is 4.86. The van der Waals surface area contributed by atoms with Gasteiger partial charge < -0.3 is 18.6 Å². The van der Waals surface area contributed by atoms with Crippen LogP contribution in [0.4, 0.5) is 0 Å². The van der Waals surface area contributed by atoms with Gasteiger partial charge in [0, 0.05) is 7.11 Å². The lowest BCUT2D eigenvalue weighted by molar-refractivity contribution is 0.0517. The molecule has 4 aromatic rings. The van der Waals surface area contributed by atoms with Gasteiger partial charge in [-0.1, -0.05) is 0 Å². The Morgan fingerprint density at radius 1 is 1.33 bits per heavy atom. The molecule has 3 aromatic heterocycles. The largest absolute Gasteiger partial charge is 0.472 e. The van der Waals surface area contributed by atoms with E-state index in [4.69, 9.17) is 18.6 Å². The quantitative estimate of drug-likeness (QED) is 0.464. The third-order valence-electron chi connectivity index (χ3n) is 3.42. The number of nitrogens with zero attached hydrogens (tertiary/aromatic N) is 3. The smallest absolute Gasteiger partial charge is 0.294 e. The molecule has 0 fully saturated rings. The Balaban J connectivity index is 1.85. The summed E-state index contributed by atoms with van der Waals surface area (Å²) in [5.74, 6) is 1.31. The molecule has 0 radical (unpaired) electrons. The van der Waals surface area contributed by atoms with Gasteiger partial charge in [-0.3, -0.25) is 0 Å². The minimum Gasteiger partial charge on any atom is -0.472 e. The number of imidazole rings is 1. The number of halogens is 1. The topological polar surface area (TPSA) is 71.0 Å². The highest BCUT2D eigenvalue weighted by Crippen LogP contribution is 2.38. The van der Waals surface area contributed by atoms with E-state index in [2.05, 4.69) is 26.0 Å². The molecule has 0 unspecified atom stereocenters. The fourth-order valence-electron chi connectivity index (χ4n) is 2.38. The summed E-state index contributed by atoms with van der Waals surface area (Å²) in [5.41, 5.74) is 1.45. The average Bonchev–Trinajstić information content (AvgIpc) is 3.26. The normalized spacial score (nSPS) is 11.5. The van der Waals surface area contributed by atoms with Crippen molar-refractivity contribution in [2.75, 3.05) is 21.0 Å². The van der Waals surface area contributed by atoms with Gasteiger partial charge >= 0.3 is 0 Å². The van der Waals surface area contributed by atoms with Gasteiger partial charge in [-0.15, -0.1) is 5.10 Å². The lowest BCUT2D eigenvalue weighted by Crippen LogP contribution is -1.99. The number of aromatic nitrogens is 3. The van der Waals surface area contributed by atoms with Gasteiger partial charge in [0.1, 0.15) is 17.0 Å². The molecule has 0 saturated carbocycles. The molecule has 0 aliphatic carbocycles. The third kappa shape index (κ3) is 2.45. The van der Waals surface area contributed by atoms with Gasteiger partial charge in [0.25, 0.3) is 5.19 Å². The number of ether oxygens (including phenoxy) is 3. The van der Waals surface area contributed by atoms with E-state index in [1.807, 2.05) is 18.2 Å². The zero-order valence-corrected chi connectivity index (χ0v) is 15.2. The predicted octanol–water partition coefficient (Wildman–Crippen LogP) is 3.96. The van der Waals surface area contributed by atoms with Crippen LogP contribution in [0.5, 0.6) is 10.9 Å². The summed E-state index contributed by atoms with van der Waals surface area (Å²) >= 11 is 4.86. The molecule has 24 heavy (non-hydrogen) atoms. The molecule has 0 aliphatic heterocycles. The van der Waals surface area contributed by atoms with Crippen LogP contribution in [0.25, 0.3) is 27.4 Å². The summed E-state index contributed by atoms with van der Waals surface area (Å²) in [4.78, 5) is 5.08. The van der Waals surface area contributed by atoms with Crippen molar-refractivity contribution in [1.82, 2.24) is 14.6 Å². The molecule has 7 nitrogen and oxygen atoms in total. The zero-order valence-electron chi connectivity index (χ0n) is 12.8. The van der Waals surface area contributed by atoms with Crippen LogP contribution in [0.2, 0.25) is 0 Å². The van der Waals surface area contributed by atoms with Gasteiger partial charge in [0.2, 0.25) is 4.96 Å². The van der Waals surface area contributed by atoms with E-state index in [9.17, 15) is 0 Å². The molecule has 124 valence electrons. The molecule has 1 aromatic carbocycles. The molecule has 0 saturated heterocycles. The first-order valence-electron chi connectivity index (χ1n) is 6.94. The number of hydrogen-bond acceptors (Lipinski definition) is 7. The standard InChI is InChI=1S/C15H12BrN3O4S/c1-20-7-22-13-8-5-12(23-11(8)4-3-9(13)16)10-6-17-14-19(10)18-15(21-2)24-14/h3-6H,7H2,1-2H3. The molecule has 3 heterocycles. The Bertz CT molecular complexity index is 1020. The van der Waals surface area contributed by atoms with Crippen LogP contribution in [-0.2, 0) is 4.74 Å². The SMILES string of the molecule is COCOc1c(Br)ccc2oc(-c3cnc4sc(OC)nn34)cc12. The second kappa shape index (κ2) is 6.08. The highest BCUT2D eigenvalue weighted by Gasteiger charge is 2.18.